The first kappa shape index (κ1) is 31.5. The summed E-state index contributed by atoms with van der Waals surface area (Å²) in [7, 11) is 1.73. The van der Waals surface area contributed by atoms with E-state index in [1.807, 2.05) is 16.7 Å². The van der Waals surface area contributed by atoms with Crippen LogP contribution in [0.2, 0.25) is 0 Å². The molecule has 3 heterocycles. The molecule has 3 aromatic carbocycles. The number of methoxy groups -OCH3 is 1. The first-order valence-electron chi connectivity index (χ1n) is 16.2. The van der Waals surface area contributed by atoms with Gasteiger partial charge in [-0.2, -0.15) is 0 Å². The minimum absolute atomic E-state index is 0.00887. The van der Waals surface area contributed by atoms with Crippen LogP contribution in [0.4, 0.5) is 10.1 Å². The minimum atomic E-state index is -0.314. The van der Waals surface area contributed by atoms with Gasteiger partial charge in [-0.25, -0.2) is 4.39 Å². The second-order valence-corrected chi connectivity index (χ2v) is 13.3. The number of aromatic nitrogens is 1. The zero-order chi connectivity index (χ0) is 31.2. The number of hydrogen-bond acceptors (Lipinski definition) is 7. The lowest BCUT2D eigenvalue weighted by Gasteiger charge is -2.36. The maximum absolute atomic E-state index is 13.2. The fraction of sp³-hybridized carbons (Fsp3) is 0.444. The number of likely N-dealkylation sites (tertiary alicyclic amines) is 1. The normalized spacial score (nSPS) is 16.8. The van der Waals surface area contributed by atoms with Crippen molar-refractivity contribution in [2.75, 3.05) is 64.4 Å². The van der Waals surface area contributed by atoms with Gasteiger partial charge in [-0.05, 0) is 106 Å². The van der Waals surface area contributed by atoms with Crippen LogP contribution < -0.4 is 14.5 Å². The molecule has 2 aliphatic rings. The minimum Gasteiger partial charge on any atom is -0.495 e. The van der Waals surface area contributed by atoms with E-state index in [2.05, 4.69) is 45.0 Å². The number of piperidine rings is 1. The summed E-state index contributed by atoms with van der Waals surface area (Å²) in [5.41, 5.74) is 4.06. The lowest BCUT2D eigenvalue weighted by Crippen LogP contribution is -2.46. The molecule has 7 nitrogen and oxygen atoms in total. The number of halogens is 1. The van der Waals surface area contributed by atoms with Gasteiger partial charge in [0.15, 0.2) is 5.78 Å². The van der Waals surface area contributed by atoms with E-state index in [1.165, 1.54) is 34.7 Å². The second kappa shape index (κ2) is 14.7. The van der Waals surface area contributed by atoms with Gasteiger partial charge in [-0.1, -0.05) is 29.5 Å². The molecule has 2 fully saturated rings. The van der Waals surface area contributed by atoms with Gasteiger partial charge < -0.3 is 14.5 Å². The molecule has 0 N–H and O–H groups in total. The Labute approximate surface area is 268 Å². The summed E-state index contributed by atoms with van der Waals surface area (Å²) >= 11 is 1.35. The van der Waals surface area contributed by atoms with Crippen molar-refractivity contribution < 1.29 is 13.9 Å². The summed E-state index contributed by atoms with van der Waals surface area (Å²) in [5.74, 6) is 0.754. The number of carbonyl (C=O) groups excluding carboxylic acids is 1. The molecule has 0 atom stereocenters. The van der Waals surface area contributed by atoms with Crippen molar-refractivity contribution >= 4 is 33.0 Å². The molecular formula is C36H43FN4O3S. The van der Waals surface area contributed by atoms with E-state index >= 15 is 0 Å². The van der Waals surface area contributed by atoms with E-state index in [4.69, 9.17) is 4.74 Å². The third-order valence-electron chi connectivity index (χ3n) is 9.44. The van der Waals surface area contributed by atoms with Gasteiger partial charge in [0, 0.05) is 50.7 Å². The van der Waals surface area contributed by atoms with Crippen LogP contribution in [-0.4, -0.2) is 79.6 Å². The number of fused-ring (bicyclic) bond motifs is 1. The molecule has 6 rings (SSSR count). The first-order valence-corrected chi connectivity index (χ1v) is 17.0. The van der Waals surface area contributed by atoms with Crippen LogP contribution in [0.25, 0.3) is 10.2 Å². The van der Waals surface area contributed by atoms with Crippen molar-refractivity contribution in [1.29, 1.82) is 0 Å². The Kier molecular flexibility index (Phi) is 10.3. The fourth-order valence-corrected chi connectivity index (χ4v) is 7.72. The molecule has 0 saturated carbocycles. The molecule has 238 valence electrons. The summed E-state index contributed by atoms with van der Waals surface area (Å²) in [6.45, 7) is 8.58. The molecule has 0 radical (unpaired) electrons. The largest absolute Gasteiger partial charge is 0.495 e. The maximum Gasteiger partial charge on any atom is 0.308 e. The van der Waals surface area contributed by atoms with E-state index in [9.17, 15) is 14.0 Å². The Bertz CT molecular complexity index is 1640. The topological polar surface area (TPSA) is 58.0 Å². The number of anilines is 1. The number of ketones is 1. The van der Waals surface area contributed by atoms with Crippen LogP contribution in [0.5, 0.6) is 5.75 Å². The molecule has 45 heavy (non-hydrogen) atoms. The number of hydrogen-bond donors (Lipinski definition) is 0. The summed E-state index contributed by atoms with van der Waals surface area (Å²) in [4.78, 5) is 33.2. The van der Waals surface area contributed by atoms with E-state index in [1.54, 1.807) is 19.2 Å². The monoisotopic (exact) mass is 630 g/mol. The van der Waals surface area contributed by atoms with Gasteiger partial charge in [0.1, 0.15) is 11.6 Å². The predicted octanol–water partition coefficient (Wildman–Crippen LogP) is 5.95. The van der Waals surface area contributed by atoms with E-state index in [-0.39, 0.29) is 22.4 Å². The number of benzene rings is 3. The van der Waals surface area contributed by atoms with Gasteiger partial charge in [0.25, 0.3) is 0 Å². The van der Waals surface area contributed by atoms with Crippen LogP contribution in [0, 0.1) is 11.7 Å². The van der Waals surface area contributed by atoms with Gasteiger partial charge in [0.2, 0.25) is 0 Å². The number of piperazine rings is 1. The molecule has 0 spiro atoms. The number of rotatable bonds is 12. The highest BCUT2D eigenvalue weighted by molar-refractivity contribution is 7.16. The zero-order valence-corrected chi connectivity index (χ0v) is 26.9. The van der Waals surface area contributed by atoms with Crippen LogP contribution >= 0.6 is 11.3 Å². The third-order valence-corrected chi connectivity index (χ3v) is 10.4. The predicted molar refractivity (Wildman–Crippen MR) is 181 cm³/mol. The van der Waals surface area contributed by atoms with E-state index in [0.717, 1.165) is 107 Å². The molecule has 1 aromatic heterocycles. The van der Waals surface area contributed by atoms with Crippen molar-refractivity contribution in [3.8, 4) is 5.75 Å². The first-order chi connectivity index (χ1) is 22.0. The summed E-state index contributed by atoms with van der Waals surface area (Å²) < 4.78 is 21.8. The van der Waals surface area contributed by atoms with Crippen molar-refractivity contribution in [3.63, 3.8) is 0 Å². The smallest absolute Gasteiger partial charge is 0.308 e. The highest BCUT2D eigenvalue weighted by Crippen LogP contribution is 2.28. The lowest BCUT2D eigenvalue weighted by atomic mass is 9.89. The number of para-hydroxylation sites is 2. The molecule has 2 saturated heterocycles. The van der Waals surface area contributed by atoms with Crippen molar-refractivity contribution in [2.45, 2.75) is 38.6 Å². The number of carbonyl (C=O) groups is 1. The van der Waals surface area contributed by atoms with Crippen LogP contribution in [0.1, 0.15) is 41.6 Å². The van der Waals surface area contributed by atoms with Gasteiger partial charge in [-0.3, -0.25) is 19.1 Å². The Morgan fingerprint density at radius 2 is 1.58 bits per heavy atom. The number of nitrogens with zero attached hydrogens (tertiary/aromatic N) is 4. The number of thiazole rings is 1. The van der Waals surface area contributed by atoms with E-state index in [0.29, 0.717) is 5.56 Å². The van der Waals surface area contributed by atoms with Crippen LogP contribution in [0.15, 0.2) is 71.5 Å². The standard InChI is InChI=1S/C36H43FN4O3S/c1-44-33-7-3-2-6-31(33)40-24-22-38(23-25-40)17-4-5-18-41-32-13-8-27(26-34(32)45-36(41)43)14-19-39-20-15-29(16-21-39)35(42)28-9-11-30(37)12-10-28/h2-3,6-13,26,29H,4-5,14-25H2,1H3. The number of ether oxygens (including phenoxy) is 1. The highest BCUT2D eigenvalue weighted by atomic mass is 32.1. The number of unbranched alkanes of at least 4 members (excludes halogenated alkanes) is 1. The highest BCUT2D eigenvalue weighted by Gasteiger charge is 2.26. The SMILES string of the molecule is COc1ccccc1N1CCN(CCCCn2c(=O)sc3cc(CCN4CCC(C(=O)c5ccc(F)cc5)CC4)ccc32)CC1. The van der Waals surface area contributed by atoms with Crippen molar-refractivity contribution in [1.82, 2.24) is 14.4 Å². The summed E-state index contributed by atoms with van der Waals surface area (Å²) in [6.07, 6.45) is 4.64. The molecule has 4 aromatic rings. The Morgan fingerprint density at radius 1 is 0.867 bits per heavy atom. The third kappa shape index (κ3) is 7.65. The number of Topliss-reactive ketones (excluding diaryl/α,β-unsaturated/α-hetero) is 1. The lowest BCUT2D eigenvalue weighted by molar-refractivity contribution is 0.0841. The zero-order valence-electron chi connectivity index (χ0n) is 26.1. The quantitative estimate of drug-likeness (QED) is 0.143. The molecule has 0 aliphatic carbocycles. The fourth-order valence-electron chi connectivity index (χ4n) is 6.74. The molecule has 0 bridgehead atoms. The average Bonchev–Trinajstić information content (AvgIpc) is 3.40. The van der Waals surface area contributed by atoms with Crippen molar-refractivity contribution in [2.24, 2.45) is 5.92 Å². The van der Waals surface area contributed by atoms with Crippen LogP contribution in [0.3, 0.4) is 0 Å². The summed E-state index contributed by atoms with van der Waals surface area (Å²) in [5, 5.41) is 0. The Morgan fingerprint density at radius 3 is 2.33 bits per heavy atom. The average molecular weight is 631 g/mol. The number of aryl methyl sites for hydroxylation is 1. The molecule has 2 aliphatic heterocycles. The Hall–Kier alpha value is -3.53. The molecule has 0 amide bonds. The Balaban J connectivity index is 0.932. The van der Waals surface area contributed by atoms with Crippen molar-refractivity contribution in [3.05, 3.63) is 93.3 Å². The molecule has 9 heteroatoms. The molecule has 0 unspecified atom stereocenters. The molecular weight excluding hydrogens is 587 g/mol. The van der Waals surface area contributed by atoms with E-state index < -0.39 is 0 Å². The summed E-state index contributed by atoms with van der Waals surface area (Å²) in [6, 6.07) is 20.6. The van der Waals surface area contributed by atoms with Gasteiger partial charge in [0.05, 0.1) is 23.0 Å². The second-order valence-electron chi connectivity index (χ2n) is 12.3. The maximum atomic E-state index is 13.2. The van der Waals surface area contributed by atoms with Gasteiger partial charge in [-0.15, -0.1) is 0 Å². The van der Waals surface area contributed by atoms with Crippen LogP contribution in [-0.2, 0) is 13.0 Å². The van der Waals surface area contributed by atoms with Gasteiger partial charge >= 0.3 is 4.87 Å².